The zero-order valence-electron chi connectivity index (χ0n) is 13.7. The SMILES string of the molecule is C=C(C)C(=O)OC.C=Cc1ccccc1.C=Cc1ccccn1. The van der Waals surface area contributed by atoms with E-state index < -0.39 is 0 Å². The Morgan fingerprint density at radius 3 is 1.91 bits per heavy atom. The third-order valence-electron chi connectivity index (χ3n) is 2.47. The van der Waals surface area contributed by atoms with Crippen molar-refractivity contribution in [2.24, 2.45) is 0 Å². The number of esters is 1. The number of carbonyl (C=O) groups is 1. The van der Waals surface area contributed by atoms with Crippen LogP contribution in [0.1, 0.15) is 18.2 Å². The zero-order valence-corrected chi connectivity index (χ0v) is 13.7. The number of ether oxygens (including phenoxy) is 1. The first-order valence-electron chi connectivity index (χ1n) is 7.00. The summed E-state index contributed by atoms with van der Waals surface area (Å²) in [6.07, 6.45) is 5.30. The standard InChI is InChI=1S/C8H8.C7H7N.C5H8O2/c1-2-8-6-4-3-5-7-8;1-2-7-5-3-4-6-8-7;1-4(2)5(6)7-3/h2-7H,1H2;2-6H,1H2;1H2,2-3H3. The first-order valence-corrected chi connectivity index (χ1v) is 7.00. The summed E-state index contributed by atoms with van der Waals surface area (Å²) >= 11 is 0. The largest absolute Gasteiger partial charge is 0.466 e. The molecule has 0 unspecified atom stereocenters. The summed E-state index contributed by atoms with van der Waals surface area (Å²) in [5.41, 5.74) is 2.53. The van der Waals surface area contributed by atoms with E-state index in [9.17, 15) is 4.79 Å². The molecule has 23 heavy (non-hydrogen) atoms. The van der Waals surface area contributed by atoms with Gasteiger partial charge in [-0.05, 0) is 30.7 Å². The van der Waals surface area contributed by atoms with E-state index in [0.717, 1.165) is 5.69 Å². The van der Waals surface area contributed by atoms with E-state index in [-0.39, 0.29) is 5.97 Å². The van der Waals surface area contributed by atoms with Gasteiger partial charge in [0.15, 0.2) is 0 Å². The first kappa shape index (κ1) is 20.1. The number of rotatable bonds is 3. The van der Waals surface area contributed by atoms with Crippen LogP contribution in [0.25, 0.3) is 12.2 Å². The molecule has 0 saturated carbocycles. The second kappa shape index (κ2) is 12.8. The highest BCUT2D eigenvalue weighted by Crippen LogP contribution is 1.97. The quantitative estimate of drug-likeness (QED) is 0.604. The Morgan fingerprint density at radius 2 is 1.65 bits per heavy atom. The average molecular weight is 309 g/mol. The van der Waals surface area contributed by atoms with Crippen LogP contribution in [-0.2, 0) is 9.53 Å². The molecule has 1 heterocycles. The van der Waals surface area contributed by atoms with Crippen LogP contribution in [0.2, 0.25) is 0 Å². The van der Waals surface area contributed by atoms with Crippen molar-refractivity contribution in [3.05, 3.63) is 91.3 Å². The van der Waals surface area contributed by atoms with Crippen molar-refractivity contribution in [2.75, 3.05) is 7.11 Å². The molecule has 2 rings (SSSR count). The molecular weight excluding hydrogens is 286 g/mol. The Morgan fingerprint density at radius 1 is 1.04 bits per heavy atom. The van der Waals surface area contributed by atoms with Gasteiger partial charge in [-0.1, -0.05) is 62.2 Å². The maximum atomic E-state index is 10.2. The molecule has 0 bridgehead atoms. The molecule has 2 aromatic rings. The Bertz CT molecular complexity index is 561. The monoisotopic (exact) mass is 309 g/mol. The molecule has 1 aromatic heterocycles. The maximum Gasteiger partial charge on any atom is 0.332 e. The highest BCUT2D eigenvalue weighted by atomic mass is 16.5. The second-order valence-electron chi connectivity index (χ2n) is 4.35. The molecule has 3 heteroatoms. The molecule has 0 spiro atoms. The topological polar surface area (TPSA) is 39.2 Å². The van der Waals surface area contributed by atoms with Crippen LogP contribution in [0, 0.1) is 0 Å². The lowest BCUT2D eigenvalue weighted by Crippen LogP contribution is -1.98. The molecular formula is C20H23NO2. The smallest absolute Gasteiger partial charge is 0.332 e. The van der Waals surface area contributed by atoms with Crippen LogP contribution >= 0.6 is 0 Å². The molecule has 1 aromatic carbocycles. The van der Waals surface area contributed by atoms with Gasteiger partial charge in [-0.3, -0.25) is 4.98 Å². The van der Waals surface area contributed by atoms with Crippen molar-refractivity contribution >= 4 is 18.1 Å². The van der Waals surface area contributed by atoms with Crippen molar-refractivity contribution in [1.82, 2.24) is 4.98 Å². The van der Waals surface area contributed by atoms with Crippen molar-refractivity contribution in [1.29, 1.82) is 0 Å². The van der Waals surface area contributed by atoms with Crippen LogP contribution in [0.5, 0.6) is 0 Å². The average Bonchev–Trinajstić information content (AvgIpc) is 2.63. The van der Waals surface area contributed by atoms with Gasteiger partial charge in [-0.15, -0.1) is 0 Å². The zero-order chi connectivity index (χ0) is 17.5. The summed E-state index contributed by atoms with van der Waals surface area (Å²) in [6, 6.07) is 15.8. The third-order valence-corrected chi connectivity index (χ3v) is 2.47. The van der Waals surface area contributed by atoms with Gasteiger partial charge in [0.05, 0.1) is 12.8 Å². The molecule has 0 fully saturated rings. The molecule has 0 saturated heterocycles. The van der Waals surface area contributed by atoms with Gasteiger partial charge in [0.25, 0.3) is 0 Å². The van der Waals surface area contributed by atoms with Gasteiger partial charge >= 0.3 is 5.97 Å². The van der Waals surface area contributed by atoms with Crippen molar-refractivity contribution < 1.29 is 9.53 Å². The predicted octanol–water partition coefficient (Wildman–Crippen LogP) is 4.79. The van der Waals surface area contributed by atoms with E-state index >= 15 is 0 Å². The number of pyridine rings is 1. The van der Waals surface area contributed by atoms with Crippen LogP contribution < -0.4 is 0 Å². The fourth-order valence-electron chi connectivity index (χ4n) is 1.26. The molecule has 0 amide bonds. The molecule has 0 N–H and O–H groups in total. The normalized spacial score (nSPS) is 8.26. The van der Waals surface area contributed by atoms with Crippen molar-refractivity contribution in [3.8, 4) is 0 Å². The summed E-state index contributed by atoms with van der Waals surface area (Å²) in [7, 11) is 1.33. The van der Waals surface area contributed by atoms with E-state index in [1.807, 2.05) is 54.6 Å². The van der Waals surface area contributed by atoms with Gasteiger partial charge in [0.1, 0.15) is 0 Å². The van der Waals surface area contributed by atoms with E-state index in [0.29, 0.717) is 5.57 Å². The molecule has 0 atom stereocenters. The predicted molar refractivity (Wildman–Crippen MR) is 97.7 cm³/mol. The number of carbonyl (C=O) groups excluding carboxylic acids is 1. The van der Waals surface area contributed by atoms with Gasteiger partial charge in [0, 0.05) is 11.8 Å². The molecule has 0 radical (unpaired) electrons. The minimum Gasteiger partial charge on any atom is -0.466 e. The second-order valence-corrected chi connectivity index (χ2v) is 4.35. The third kappa shape index (κ3) is 10.4. The fraction of sp³-hybridized carbons (Fsp3) is 0.100. The summed E-state index contributed by atoms with van der Waals surface area (Å²) in [6.45, 7) is 12.2. The molecule has 0 aliphatic carbocycles. The van der Waals surface area contributed by atoms with Crippen LogP contribution in [0.4, 0.5) is 0 Å². The number of hydrogen-bond donors (Lipinski definition) is 0. The van der Waals surface area contributed by atoms with Crippen molar-refractivity contribution in [3.63, 3.8) is 0 Å². The summed E-state index contributed by atoms with van der Waals surface area (Å²) in [5, 5.41) is 0. The number of hydrogen-bond acceptors (Lipinski definition) is 3. The highest BCUT2D eigenvalue weighted by molar-refractivity contribution is 5.86. The number of benzene rings is 1. The Kier molecular flexibility index (Phi) is 11.1. The lowest BCUT2D eigenvalue weighted by Gasteiger charge is -1.91. The summed E-state index contributed by atoms with van der Waals surface area (Å²) < 4.78 is 4.27. The van der Waals surface area contributed by atoms with Gasteiger partial charge in [-0.25, -0.2) is 4.79 Å². The number of aromatic nitrogens is 1. The summed E-state index contributed by atoms with van der Waals surface area (Å²) in [5.74, 6) is -0.347. The van der Waals surface area contributed by atoms with Crippen molar-refractivity contribution in [2.45, 2.75) is 6.92 Å². The maximum absolute atomic E-state index is 10.2. The van der Waals surface area contributed by atoms with E-state index in [1.165, 1.54) is 12.7 Å². The van der Waals surface area contributed by atoms with E-state index in [2.05, 4.69) is 29.5 Å². The molecule has 120 valence electrons. The number of nitrogens with zero attached hydrogens (tertiary/aromatic N) is 1. The van der Waals surface area contributed by atoms with E-state index in [4.69, 9.17) is 0 Å². The number of methoxy groups -OCH3 is 1. The highest BCUT2D eigenvalue weighted by Gasteiger charge is 1.95. The van der Waals surface area contributed by atoms with Gasteiger partial charge in [-0.2, -0.15) is 0 Å². The van der Waals surface area contributed by atoms with Crippen LogP contribution in [-0.4, -0.2) is 18.1 Å². The minimum atomic E-state index is -0.347. The van der Waals surface area contributed by atoms with E-state index in [1.54, 1.807) is 19.2 Å². The lowest BCUT2D eigenvalue weighted by atomic mass is 10.2. The minimum absolute atomic E-state index is 0.347. The Hall–Kier alpha value is -2.94. The van der Waals surface area contributed by atoms with Crippen LogP contribution in [0.15, 0.2) is 80.0 Å². The lowest BCUT2D eigenvalue weighted by molar-refractivity contribution is -0.136. The molecule has 3 nitrogen and oxygen atoms in total. The van der Waals surface area contributed by atoms with Crippen LogP contribution in [0.3, 0.4) is 0 Å². The van der Waals surface area contributed by atoms with Gasteiger partial charge in [0.2, 0.25) is 0 Å². The Balaban J connectivity index is 0.000000317. The molecule has 0 aliphatic rings. The first-order chi connectivity index (χ1) is 11.0. The Labute approximate surface area is 138 Å². The van der Waals surface area contributed by atoms with Gasteiger partial charge < -0.3 is 4.74 Å². The fourth-order valence-corrected chi connectivity index (χ4v) is 1.26. The molecule has 0 aliphatic heterocycles. The summed E-state index contributed by atoms with van der Waals surface area (Å²) in [4.78, 5) is 14.2.